The van der Waals surface area contributed by atoms with Crippen LogP contribution in [0.5, 0.6) is 5.75 Å². The van der Waals surface area contributed by atoms with Crippen molar-refractivity contribution in [2.24, 2.45) is 0 Å². The topological polar surface area (TPSA) is 117 Å². The molecule has 0 aromatic heterocycles. The molecule has 0 unspecified atom stereocenters. The summed E-state index contributed by atoms with van der Waals surface area (Å²) < 4.78 is 31.4. The van der Waals surface area contributed by atoms with Gasteiger partial charge in [0.15, 0.2) is 0 Å². The van der Waals surface area contributed by atoms with Gasteiger partial charge in [-0.05, 0) is 18.2 Å². The number of nitriles is 1. The van der Waals surface area contributed by atoms with Crippen LogP contribution in [0.1, 0.15) is 0 Å². The standard InChI is InChI=1S/C17H12F2N4O4/c1-27-16-7-12(23(25)26)3-5-15(16)22-17(24)10(8-20)9-21-14-4-2-11(18)6-13(14)19/h2-7,9,21H,1H3,(H,22,24)/b10-9-. The van der Waals surface area contributed by atoms with Crippen LogP contribution in [0, 0.1) is 33.1 Å². The Labute approximate surface area is 151 Å². The highest BCUT2D eigenvalue weighted by atomic mass is 19.1. The van der Waals surface area contributed by atoms with E-state index >= 15 is 0 Å². The lowest BCUT2D eigenvalue weighted by Crippen LogP contribution is -2.15. The molecule has 0 bridgehead atoms. The molecule has 138 valence electrons. The van der Waals surface area contributed by atoms with E-state index in [0.717, 1.165) is 30.5 Å². The van der Waals surface area contributed by atoms with Gasteiger partial charge in [0.05, 0.1) is 29.5 Å². The van der Waals surface area contributed by atoms with E-state index in [1.807, 2.05) is 0 Å². The number of carbonyl (C=O) groups excluding carboxylic acids is 1. The molecule has 2 aromatic rings. The average Bonchev–Trinajstić information content (AvgIpc) is 2.63. The predicted molar refractivity (Wildman–Crippen MR) is 92.0 cm³/mol. The molecular weight excluding hydrogens is 362 g/mol. The molecule has 1 amide bonds. The molecule has 0 aliphatic carbocycles. The van der Waals surface area contributed by atoms with Gasteiger partial charge in [0.2, 0.25) is 0 Å². The number of nitro benzene ring substituents is 1. The van der Waals surface area contributed by atoms with Gasteiger partial charge in [-0.3, -0.25) is 14.9 Å². The second-order valence-corrected chi connectivity index (χ2v) is 5.03. The molecule has 2 rings (SSSR count). The highest BCUT2D eigenvalue weighted by Gasteiger charge is 2.16. The van der Waals surface area contributed by atoms with E-state index in [2.05, 4.69) is 10.6 Å². The van der Waals surface area contributed by atoms with Crippen LogP contribution in [0.3, 0.4) is 0 Å². The second-order valence-electron chi connectivity index (χ2n) is 5.03. The molecule has 0 atom stereocenters. The lowest BCUT2D eigenvalue weighted by atomic mass is 10.2. The zero-order valence-electron chi connectivity index (χ0n) is 13.8. The smallest absolute Gasteiger partial charge is 0.273 e. The zero-order valence-corrected chi connectivity index (χ0v) is 13.8. The van der Waals surface area contributed by atoms with Crippen LogP contribution in [0.25, 0.3) is 0 Å². The van der Waals surface area contributed by atoms with Crippen LogP contribution in [0.2, 0.25) is 0 Å². The molecule has 0 saturated carbocycles. The van der Waals surface area contributed by atoms with Crippen molar-refractivity contribution in [3.63, 3.8) is 0 Å². The van der Waals surface area contributed by atoms with E-state index in [1.54, 1.807) is 6.07 Å². The third-order valence-electron chi connectivity index (χ3n) is 3.31. The Balaban J connectivity index is 2.20. The zero-order chi connectivity index (χ0) is 20.0. The Morgan fingerprint density at radius 2 is 1.96 bits per heavy atom. The van der Waals surface area contributed by atoms with Crippen molar-refractivity contribution in [1.29, 1.82) is 5.26 Å². The van der Waals surface area contributed by atoms with Crippen LogP contribution in [0.4, 0.5) is 25.8 Å². The van der Waals surface area contributed by atoms with E-state index in [-0.39, 0.29) is 22.8 Å². The van der Waals surface area contributed by atoms with E-state index < -0.39 is 28.0 Å². The number of nitrogens with zero attached hydrogens (tertiary/aromatic N) is 2. The summed E-state index contributed by atoms with van der Waals surface area (Å²) in [6, 6.07) is 7.89. The Morgan fingerprint density at radius 1 is 1.26 bits per heavy atom. The van der Waals surface area contributed by atoms with Crippen LogP contribution in [0.15, 0.2) is 48.2 Å². The summed E-state index contributed by atoms with van der Waals surface area (Å²) in [6.45, 7) is 0. The number of benzene rings is 2. The van der Waals surface area contributed by atoms with Gasteiger partial charge in [-0.2, -0.15) is 5.26 Å². The summed E-state index contributed by atoms with van der Waals surface area (Å²) in [7, 11) is 1.26. The van der Waals surface area contributed by atoms with Crippen molar-refractivity contribution in [3.8, 4) is 11.8 Å². The SMILES string of the molecule is COc1cc([N+](=O)[O-])ccc1NC(=O)/C(C#N)=C\Nc1ccc(F)cc1F. The minimum atomic E-state index is -0.902. The minimum Gasteiger partial charge on any atom is -0.494 e. The summed E-state index contributed by atoms with van der Waals surface area (Å²) in [5.74, 6) is -2.52. The second kappa shape index (κ2) is 8.39. The van der Waals surface area contributed by atoms with Gasteiger partial charge in [-0.25, -0.2) is 8.78 Å². The number of methoxy groups -OCH3 is 1. The Bertz CT molecular complexity index is 970. The van der Waals surface area contributed by atoms with Crippen LogP contribution >= 0.6 is 0 Å². The Hall–Kier alpha value is -4.00. The largest absolute Gasteiger partial charge is 0.494 e. The summed E-state index contributed by atoms with van der Waals surface area (Å²) >= 11 is 0. The fraction of sp³-hybridized carbons (Fsp3) is 0.0588. The fourth-order valence-electron chi connectivity index (χ4n) is 1.99. The van der Waals surface area contributed by atoms with E-state index in [0.29, 0.717) is 6.07 Å². The van der Waals surface area contributed by atoms with Gasteiger partial charge in [0, 0.05) is 18.3 Å². The van der Waals surface area contributed by atoms with Crippen LogP contribution in [-0.2, 0) is 4.79 Å². The molecule has 0 heterocycles. The maximum atomic E-state index is 13.6. The van der Waals surface area contributed by atoms with Crippen molar-refractivity contribution in [3.05, 3.63) is 69.9 Å². The predicted octanol–water partition coefficient (Wildman–Crippen LogP) is 3.34. The average molecular weight is 374 g/mol. The van der Waals surface area contributed by atoms with Crippen molar-refractivity contribution in [2.75, 3.05) is 17.7 Å². The van der Waals surface area contributed by atoms with Crippen molar-refractivity contribution >= 4 is 23.0 Å². The molecule has 27 heavy (non-hydrogen) atoms. The van der Waals surface area contributed by atoms with Gasteiger partial charge in [-0.1, -0.05) is 0 Å². The van der Waals surface area contributed by atoms with Crippen molar-refractivity contribution < 1.29 is 23.2 Å². The third-order valence-corrected chi connectivity index (χ3v) is 3.31. The summed E-state index contributed by atoms with van der Waals surface area (Å²) in [6.07, 6.45) is 0.948. The number of nitrogens with one attached hydrogen (secondary N) is 2. The quantitative estimate of drug-likeness (QED) is 0.347. The number of anilines is 2. The van der Waals surface area contributed by atoms with Crippen LogP contribution < -0.4 is 15.4 Å². The van der Waals surface area contributed by atoms with Crippen molar-refractivity contribution in [1.82, 2.24) is 0 Å². The monoisotopic (exact) mass is 374 g/mol. The van der Waals surface area contributed by atoms with Crippen LogP contribution in [-0.4, -0.2) is 17.9 Å². The molecule has 2 N–H and O–H groups in total. The number of rotatable bonds is 6. The number of amides is 1. The summed E-state index contributed by atoms with van der Waals surface area (Å²) in [5.41, 5.74) is -0.694. The molecule has 0 fully saturated rings. The molecule has 0 aliphatic heterocycles. The van der Waals surface area contributed by atoms with Gasteiger partial charge >= 0.3 is 0 Å². The molecular formula is C17H12F2N4O4. The first-order valence-electron chi connectivity index (χ1n) is 7.31. The van der Waals surface area contributed by atoms with E-state index in [9.17, 15) is 23.7 Å². The maximum absolute atomic E-state index is 13.6. The number of non-ortho nitro benzene ring substituents is 1. The summed E-state index contributed by atoms with van der Waals surface area (Å²) in [5, 5.41) is 24.7. The molecule has 0 saturated heterocycles. The molecule has 0 radical (unpaired) electrons. The number of nitro groups is 1. The maximum Gasteiger partial charge on any atom is 0.273 e. The number of hydrogen-bond donors (Lipinski definition) is 2. The van der Waals surface area contributed by atoms with Gasteiger partial charge in [0.1, 0.15) is 29.0 Å². The molecule has 8 nitrogen and oxygen atoms in total. The minimum absolute atomic E-state index is 0.0207. The number of ether oxygens (including phenoxy) is 1. The number of carbonyl (C=O) groups is 1. The third kappa shape index (κ3) is 4.76. The number of hydrogen-bond acceptors (Lipinski definition) is 6. The molecule has 0 aliphatic rings. The normalized spacial score (nSPS) is 10.7. The van der Waals surface area contributed by atoms with Gasteiger partial charge < -0.3 is 15.4 Å². The Kier molecular flexibility index (Phi) is 6.01. The lowest BCUT2D eigenvalue weighted by Gasteiger charge is -2.10. The Morgan fingerprint density at radius 3 is 2.56 bits per heavy atom. The molecule has 2 aromatic carbocycles. The van der Waals surface area contributed by atoms with E-state index in [1.165, 1.54) is 13.2 Å². The fourth-order valence-corrected chi connectivity index (χ4v) is 1.99. The number of halogens is 2. The van der Waals surface area contributed by atoms with Crippen molar-refractivity contribution in [2.45, 2.75) is 0 Å². The lowest BCUT2D eigenvalue weighted by molar-refractivity contribution is -0.384. The highest BCUT2D eigenvalue weighted by Crippen LogP contribution is 2.29. The van der Waals surface area contributed by atoms with Gasteiger partial charge in [0.25, 0.3) is 11.6 Å². The first kappa shape index (κ1) is 19.3. The first-order chi connectivity index (χ1) is 12.8. The first-order valence-corrected chi connectivity index (χ1v) is 7.31. The highest BCUT2D eigenvalue weighted by molar-refractivity contribution is 6.07. The van der Waals surface area contributed by atoms with E-state index in [4.69, 9.17) is 10.00 Å². The molecule has 0 spiro atoms. The summed E-state index contributed by atoms with van der Waals surface area (Å²) in [4.78, 5) is 22.4. The molecule has 10 heteroatoms. The van der Waals surface area contributed by atoms with Gasteiger partial charge in [-0.15, -0.1) is 0 Å².